The molecule has 160 valence electrons. The molecular formula is C22H20FN3O4S. The Morgan fingerprint density at radius 3 is 2.55 bits per heavy atom. The summed E-state index contributed by atoms with van der Waals surface area (Å²) < 4.78 is 43.6. The van der Waals surface area contributed by atoms with Crippen molar-refractivity contribution in [3.63, 3.8) is 0 Å². The van der Waals surface area contributed by atoms with Crippen LogP contribution in [-0.2, 0) is 34.6 Å². The number of rotatable bonds is 6. The number of fused-ring (bicyclic) bond motifs is 1. The molecule has 0 radical (unpaired) electrons. The van der Waals surface area contributed by atoms with Crippen molar-refractivity contribution >= 4 is 26.7 Å². The zero-order valence-corrected chi connectivity index (χ0v) is 17.7. The van der Waals surface area contributed by atoms with Gasteiger partial charge in [-0.1, -0.05) is 18.2 Å². The van der Waals surface area contributed by atoms with Crippen LogP contribution < -0.4 is 0 Å². The van der Waals surface area contributed by atoms with Gasteiger partial charge in [0.1, 0.15) is 12.4 Å². The Morgan fingerprint density at radius 2 is 1.87 bits per heavy atom. The monoisotopic (exact) mass is 441 g/mol. The van der Waals surface area contributed by atoms with E-state index < -0.39 is 21.6 Å². The van der Waals surface area contributed by atoms with Crippen molar-refractivity contribution in [1.29, 1.82) is 0 Å². The highest BCUT2D eigenvalue weighted by Gasteiger charge is 2.27. The number of imidazole rings is 1. The topological polar surface area (TPSA) is 94.2 Å². The lowest BCUT2D eigenvalue weighted by atomic mass is 10.1. The molecule has 0 fully saturated rings. The average Bonchev–Trinajstić information content (AvgIpc) is 3.22. The predicted octanol–water partition coefficient (Wildman–Crippen LogP) is 3.33. The number of sulfone groups is 1. The number of aryl methyl sites for hydroxylation is 1. The van der Waals surface area contributed by atoms with Crippen molar-refractivity contribution in [2.45, 2.75) is 29.8 Å². The van der Waals surface area contributed by atoms with Crippen molar-refractivity contribution in [3.05, 3.63) is 77.6 Å². The predicted molar refractivity (Wildman–Crippen MR) is 112 cm³/mol. The van der Waals surface area contributed by atoms with Gasteiger partial charge in [0, 0.05) is 30.1 Å². The van der Waals surface area contributed by atoms with Crippen molar-refractivity contribution in [2.75, 3.05) is 0 Å². The SMILES string of the molecule is Cc1c(Cc2c(S(=O)(=O)c3ccccc3)ncn2C)c2cc(F)ccc2n1CC(=O)O. The smallest absolute Gasteiger partial charge is 0.323 e. The fourth-order valence-electron chi connectivity index (χ4n) is 3.82. The Hall–Kier alpha value is -3.46. The number of hydrogen-bond donors (Lipinski definition) is 1. The molecule has 2 aromatic carbocycles. The summed E-state index contributed by atoms with van der Waals surface area (Å²) in [6, 6.07) is 12.2. The second-order valence-corrected chi connectivity index (χ2v) is 9.17. The number of carboxylic acid groups (broad SMARTS) is 1. The maximum absolute atomic E-state index is 14.0. The van der Waals surface area contributed by atoms with Crippen molar-refractivity contribution in [2.24, 2.45) is 7.05 Å². The third kappa shape index (κ3) is 3.61. The zero-order valence-electron chi connectivity index (χ0n) is 16.9. The van der Waals surface area contributed by atoms with Gasteiger partial charge in [-0.15, -0.1) is 0 Å². The standard InChI is InChI=1S/C22H20FN3O4S/c1-14-17(18-10-15(23)8-9-19(18)26(14)12-21(27)28)11-20-22(24-13-25(20)2)31(29,30)16-6-4-3-5-7-16/h3-10,13H,11-12H2,1-2H3,(H,27,28). The van der Waals surface area contributed by atoms with Crippen molar-refractivity contribution < 1.29 is 22.7 Å². The fraction of sp³-hybridized carbons (Fsp3) is 0.182. The first-order chi connectivity index (χ1) is 14.7. The largest absolute Gasteiger partial charge is 0.480 e. The van der Waals surface area contributed by atoms with Crippen LogP contribution in [0.25, 0.3) is 10.9 Å². The number of nitrogens with zero attached hydrogens (tertiary/aromatic N) is 3. The van der Waals surface area contributed by atoms with E-state index in [2.05, 4.69) is 4.98 Å². The molecule has 0 saturated carbocycles. The number of halogens is 1. The minimum atomic E-state index is -3.86. The molecule has 7 nitrogen and oxygen atoms in total. The molecule has 0 aliphatic carbocycles. The molecule has 0 unspecified atom stereocenters. The van der Waals surface area contributed by atoms with Gasteiger partial charge >= 0.3 is 5.97 Å². The van der Waals surface area contributed by atoms with Gasteiger partial charge in [-0.2, -0.15) is 0 Å². The van der Waals surface area contributed by atoms with E-state index in [0.717, 1.165) is 0 Å². The first-order valence-corrected chi connectivity index (χ1v) is 11.0. The molecule has 2 aromatic heterocycles. The average molecular weight is 441 g/mol. The summed E-state index contributed by atoms with van der Waals surface area (Å²) in [4.78, 5) is 15.6. The van der Waals surface area contributed by atoms with Gasteiger partial charge in [-0.05, 0) is 42.8 Å². The highest BCUT2D eigenvalue weighted by molar-refractivity contribution is 7.91. The van der Waals surface area contributed by atoms with Gasteiger partial charge in [-0.25, -0.2) is 17.8 Å². The molecule has 4 aromatic rings. The number of aliphatic carboxylic acids is 1. The minimum absolute atomic E-state index is 0.0730. The van der Waals surface area contributed by atoms with E-state index in [4.69, 9.17) is 0 Å². The van der Waals surface area contributed by atoms with Crippen LogP contribution in [0, 0.1) is 12.7 Å². The Kier molecular flexibility index (Phi) is 5.14. The lowest BCUT2D eigenvalue weighted by Crippen LogP contribution is -2.11. The maximum Gasteiger partial charge on any atom is 0.323 e. The maximum atomic E-state index is 14.0. The third-order valence-corrected chi connectivity index (χ3v) is 7.13. The van der Waals surface area contributed by atoms with Crippen LogP contribution in [0.2, 0.25) is 0 Å². The summed E-state index contributed by atoms with van der Waals surface area (Å²) in [5, 5.41) is 9.78. The molecule has 0 aliphatic rings. The molecule has 0 saturated heterocycles. The van der Waals surface area contributed by atoms with Crippen LogP contribution in [0.15, 0.2) is 64.8 Å². The lowest BCUT2D eigenvalue weighted by molar-refractivity contribution is -0.137. The number of carboxylic acids is 1. The van der Waals surface area contributed by atoms with Crippen LogP contribution >= 0.6 is 0 Å². The number of aromatic nitrogens is 3. The summed E-state index contributed by atoms with van der Waals surface area (Å²) in [5.74, 6) is -1.48. The molecule has 2 heterocycles. The zero-order chi connectivity index (χ0) is 22.3. The number of hydrogen-bond acceptors (Lipinski definition) is 4. The van der Waals surface area contributed by atoms with Crippen molar-refractivity contribution in [3.8, 4) is 0 Å². The molecule has 4 rings (SSSR count). The van der Waals surface area contributed by atoms with Crippen molar-refractivity contribution in [1.82, 2.24) is 14.1 Å². The van der Waals surface area contributed by atoms with Gasteiger partial charge in [0.05, 0.1) is 16.9 Å². The van der Waals surface area contributed by atoms with E-state index in [1.165, 1.54) is 36.7 Å². The molecule has 1 N–H and O–H groups in total. The van der Waals surface area contributed by atoms with Gasteiger partial charge in [0.2, 0.25) is 9.84 Å². The second kappa shape index (κ2) is 7.66. The Bertz CT molecular complexity index is 1410. The van der Waals surface area contributed by atoms with Gasteiger partial charge in [0.15, 0.2) is 5.03 Å². The van der Waals surface area contributed by atoms with Gasteiger partial charge in [0.25, 0.3) is 0 Å². The Labute approximate surface area is 178 Å². The number of benzene rings is 2. The molecule has 9 heteroatoms. The van der Waals surface area contributed by atoms with Gasteiger partial charge < -0.3 is 14.2 Å². The van der Waals surface area contributed by atoms with E-state index in [1.54, 1.807) is 41.3 Å². The van der Waals surface area contributed by atoms with E-state index in [-0.39, 0.29) is 22.9 Å². The molecule has 0 aliphatic heterocycles. The molecule has 0 amide bonds. The normalized spacial score (nSPS) is 11.8. The van der Waals surface area contributed by atoms with E-state index in [1.807, 2.05) is 0 Å². The molecule has 31 heavy (non-hydrogen) atoms. The number of carbonyl (C=O) groups is 1. The van der Waals surface area contributed by atoms with Crippen LogP contribution in [0.4, 0.5) is 4.39 Å². The van der Waals surface area contributed by atoms with Crippen LogP contribution in [-0.4, -0.2) is 33.6 Å². The first kappa shape index (κ1) is 20.8. The molecular weight excluding hydrogens is 421 g/mol. The van der Waals surface area contributed by atoms with Crippen LogP contribution in [0.5, 0.6) is 0 Å². The lowest BCUT2D eigenvalue weighted by Gasteiger charge is -2.09. The molecule has 0 spiro atoms. The summed E-state index contributed by atoms with van der Waals surface area (Å²) in [6.45, 7) is 1.46. The Morgan fingerprint density at radius 1 is 1.16 bits per heavy atom. The van der Waals surface area contributed by atoms with Gasteiger partial charge in [-0.3, -0.25) is 4.79 Å². The minimum Gasteiger partial charge on any atom is -0.480 e. The van der Waals surface area contributed by atoms with Crippen LogP contribution in [0.1, 0.15) is 17.0 Å². The summed E-state index contributed by atoms with van der Waals surface area (Å²) in [5.41, 5.74) is 2.30. The quantitative estimate of drug-likeness (QED) is 0.495. The highest BCUT2D eigenvalue weighted by Crippen LogP contribution is 2.31. The van der Waals surface area contributed by atoms with E-state index in [9.17, 15) is 22.7 Å². The Balaban J connectivity index is 1.89. The fourth-order valence-corrected chi connectivity index (χ4v) is 5.27. The van der Waals surface area contributed by atoms with E-state index >= 15 is 0 Å². The molecule has 0 bridgehead atoms. The first-order valence-electron chi connectivity index (χ1n) is 9.49. The summed E-state index contributed by atoms with van der Waals surface area (Å²) in [6.07, 6.45) is 1.58. The van der Waals surface area contributed by atoms with E-state index in [0.29, 0.717) is 27.9 Å². The third-order valence-electron chi connectivity index (χ3n) is 5.38. The summed E-state index contributed by atoms with van der Waals surface area (Å²) >= 11 is 0. The summed E-state index contributed by atoms with van der Waals surface area (Å²) in [7, 11) is -2.17. The van der Waals surface area contributed by atoms with Crippen LogP contribution in [0.3, 0.4) is 0 Å². The highest BCUT2D eigenvalue weighted by atomic mass is 32.2. The molecule has 0 atom stereocenters. The second-order valence-electron chi connectivity index (χ2n) is 7.31.